The smallest absolute Gasteiger partial charge is 0.421 e. The molecule has 0 saturated carbocycles. The molecule has 3 fully saturated rings. The number of fused-ring (bicyclic) bond motifs is 1. The molecule has 4 rings (SSSR count). The Balaban J connectivity index is 0.00000552. The fourth-order valence-electron chi connectivity index (χ4n) is 6.28. The Bertz CT molecular complexity index is 1130. The Kier molecular flexibility index (Phi) is 15.3. The third kappa shape index (κ3) is 11.6. The van der Waals surface area contributed by atoms with Gasteiger partial charge in [-0.25, -0.2) is 17.9 Å². The van der Waals surface area contributed by atoms with Crippen LogP contribution in [0.1, 0.15) is 103 Å². The van der Waals surface area contributed by atoms with E-state index in [-0.39, 0.29) is 17.3 Å². The van der Waals surface area contributed by atoms with Crippen molar-refractivity contribution in [2.45, 2.75) is 146 Å². The summed E-state index contributed by atoms with van der Waals surface area (Å²) in [6, 6.07) is 6.28. The first kappa shape index (κ1) is 38.0. The van der Waals surface area contributed by atoms with Crippen molar-refractivity contribution in [3.63, 3.8) is 0 Å². The van der Waals surface area contributed by atoms with Gasteiger partial charge in [0.1, 0.15) is 24.4 Å². The number of rotatable bonds is 18. The molecule has 3 saturated heterocycles. The number of halogens is 1. The van der Waals surface area contributed by atoms with Crippen LogP contribution in [0.25, 0.3) is 0 Å². The summed E-state index contributed by atoms with van der Waals surface area (Å²) in [6.45, 7) is 10.4. The van der Waals surface area contributed by atoms with Crippen LogP contribution in [0.3, 0.4) is 0 Å². The fraction of sp³-hybridized carbons (Fsp3) is 0.788. The number of nitrogens with one attached hydrogen (secondary N) is 1. The lowest BCUT2D eigenvalue weighted by Gasteiger charge is -2.32. The molecule has 3 heterocycles. The lowest BCUT2D eigenvalue weighted by molar-refractivity contribution is -0.230. The van der Waals surface area contributed by atoms with E-state index in [1.807, 2.05) is 20.8 Å². The van der Waals surface area contributed by atoms with Gasteiger partial charge in [-0.05, 0) is 65.3 Å². The van der Waals surface area contributed by atoms with Crippen LogP contribution in [0.5, 0.6) is 0 Å². The average Bonchev–Trinajstić information content (AvgIpc) is 3.66. The largest absolute Gasteiger partial charge is 0.441 e. The number of carbonyl (C=O) groups excluding carboxylic acids is 1. The summed E-state index contributed by atoms with van der Waals surface area (Å²) in [5.74, 6) is -0.830. The molecule has 12 heteroatoms. The normalized spacial score (nSPS) is 25.1. The lowest BCUT2D eigenvalue weighted by atomic mass is 10.0. The van der Waals surface area contributed by atoms with Crippen molar-refractivity contribution in [3.05, 3.63) is 29.8 Å². The molecule has 1 aromatic rings. The van der Waals surface area contributed by atoms with Crippen LogP contribution in [0.4, 0.5) is 4.79 Å². The van der Waals surface area contributed by atoms with E-state index >= 15 is 0 Å². The summed E-state index contributed by atoms with van der Waals surface area (Å²) < 4.78 is 58.7. The third-order valence-electron chi connectivity index (χ3n) is 8.65. The Labute approximate surface area is 276 Å². The Morgan fingerprint density at radius 3 is 2.20 bits per heavy atom. The number of hydrogen-bond acceptors (Lipinski definition) is 9. The van der Waals surface area contributed by atoms with Crippen molar-refractivity contribution in [1.29, 1.82) is 0 Å². The molecule has 45 heavy (non-hydrogen) atoms. The van der Waals surface area contributed by atoms with E-state index in [1.54, 1.807) is 12.1 Å². The van der Waals surface area contributed by atoms with Crippen LogP contribution >= 0.6 is 12.4 Å². The number of aryl methyl sites for hydroxylation is 1. The second-order valence-electron chi connectivity index (χ2n) is 13.0. The molecule has 10 nitrogen and oxygen atoms in total. The van der Waals surface area contributed by atoms with Gasteiger partial charge in [0.25, 0.3) is 10.0 Å². The molecule has 5 atom stereocenters. The predicted octanol–water partition coefficient (Wildman–Crippen LogP) is 6.48. The zero-order valence-corrected chi connectivity index (χ0v) is 29.2. The van der Waals surface area contributed by atoms with E-state index < -0.39 is 52.6 Å². The zero-order chi connectivity index (χ0) is 31.6. The van der Waals surface area contributed by atoms with Crippen molar-refractivity contribution in [2.75, 3.05) is 26.2 Å². The van der Waals surface area contributed by atoms with Gasteiger partial charge in [-0.15, -0.1) is 12.4 Å². The summed E-state index contributed by atoms with van der Waals surface area (Å²) in [5, 5.41) is 0. The highest BCUT2D eigenvalue weighted by Gasteiger charge is 2.58. The molecule has 0 aromatic heterocycles. The lowest BCUT2D eigenvalue weighted by Crippen LogP contribution is -2.50. The molecule has 1 N–H and O–H groups in total. The molecule has 0 bridgehead atoms. The van der Waals surface area contributed by atoms with Crippen molar-refractivity contribution in [1.82, 2.24) is 9.62 Å². The van der Waals surface area contributed by atoms with Gasteiger partial charge < -0.3 is 23.7 Å². The van der Waals surface area contributed by atoms with Crippen LogP contribution in [-0.4, -0.2) is 82.1 Å². The third-order valence-corrected chi connectivity index (χ3v) is 9.97. The second-order valence-corrected chi connectivity index (χ2v) is 14.6. The molecule has 258 valence electrons. The van der Waals surface area contributed by atoms with Crippen molar-refractivity contribution in [3.8, 4) is 0 Å². The first-order valence-corrected chi connectivity index (χ1v) is 18.2. The van der Waals surface area contributed by atoms with Gasteiger partial charge in [0.2, 0.25) is 0 Å². The molecule has 0 spiro atoms. The molecule has 1 amide bonds. The SMILES string of the molecule is CCCCCCCCCCCCO[C@@H]1[C@H]2OC(C)(C)O[C@H]2O[C@@H]1C(CN1CCCC1)OC(=O)NS(=O)(=O)c1ccc(C)cc1.Cl. The number of sulfonamides is 1. The summed E-state index contributed by atoms with van der Waals surface area (Å²) in [6.07, 6.45) is 10.2. The van der Waals surface area contributed by atoms with Crippen molar-refractivity contribution in [2.24, 2.45) is 0 Å². The molecule has 1 unspecified atom stereocenters. The van der Waals surface area contributed by atoms with E-state index in [4.69, 9.17) is 23.7 Å². The minimum atomic E-state index is -4.11. The van der Waals surface area contributed by atoms with Gasteiger partial charge in [-0.1, -0.05) is 82.4 Å². The molecule has 1 aromatic carbocycles. The number of ether oxygens (including phenoxy) is 5. The van der Waals surface area contributed by atoms with Crippen LogP contribution in [0.2, 0.25) is 0 Å². The number of carbonyl (C=O) groups is 1. The number of hydrogen-bond donors (Lipinski definition) is 1. The van der Waals surface area contributed by atoms with E-state index in [0.717, 1.165) is 44.3 Å². The molecular weight excluding hydrogens is 620 g/mol. The van der Waals surface area contributed by atoms with Crippen LogP contribution < -0.4 is 4.72 Å². The standard InChI is InChI=1S/C33H54N2O8S.ClH/c1-5-6-7-8-9-10-11-12-13-16-23-39-29-28(41-31-30(29)42-33(3,4)43-31)27(24-35-21-14-15-22-35)40-32(36)34-44(37,38)26-19-17-25(2)18-20-26;/h17-20,27-31H,5-16,21-24H2,1-4H3,(H,34,36);1H/t27?,28-,29+,30-,31-;/m1./s1. The highest BCUT2D eigenvalue weighted by atomic mass is 35.5. The van der Waals surface area contributed by atoms with E-state index in [9.17, 15) is 13.2 Å². The van der Waals surface area contributed by atoms with Crippen LogP contribution in [-0.2, 0) is 33.7 Å². The molecule has 3 aliphatic rings. The highest BCUT2D eigenvalue weighted by Crippen LogP contribution is 2.40. The number of nitrogens with zero attached hydrogens (tertiary/aromatic N) is 1. The molecule has 3 aliphatic heterocycles. The van der Waals surface area contributed by atoms with Gasteiger partial charge >= 0.3 is 6.09 Å². The highest BCUT2D eigenvalue weighted by molar-refractivity contribution is 7.90. The quantitative estimate of drug-likeness (QED) is 0.175. The van der Waals surface area contributed by atoms with Crippen molar-refractivity contribution >= 4 is 28.5 Å². The van der Waals surface area contributed by atoms with Gasteiger partial charge in [-0.3, -0.25) is 4.90 Å². The minimum absolute atomic E-state index is 0. The average molecular weight is 675 g/mol. The fourth-order valence-corrected chi connectivity index (χ4v) is 7.16. The number of unbranched alkanes of at least 4 members (excludes halogenated alkanes) is 9. The second kappa shape index (κ2) is 18.2. The predicted molar refractivity (Wildman–Crippen MR) is 175 cm³/mol. The number of benzene rings is 1. The Morgan fingerprint density at radius 1 is 0.978 bits per heavy atom. The first-order valence-electron chi connectivity index (χ1n) is 16.7. The van der Waals surface area contributed by atoms with Gasteiger partial charge in [0, 0.05) is 13.2 Å². The topological polar surface area (TPSA) is 113 Å². The first-order chi connectivity index (χ1) is 21.1. The van der Waals surface area contributed by atoms with E-state index in [1.165, 1.54) is 63.5 Å². The molecule has 0 aliphatic carbocycles. The summed E-state index contributed by atoms with van der Waals surface area (Å²) in [4.78, 5) is 15.3. The van der Waals surface area contributed by atoms with Gasteiger partial charge in [0.15, 0.2) is 12.1 Å². The minimum Gasteiger partial charge on any atom is -0.441 e. The number of likely N-dealkylation sites (tertiary alicyclic amines) is 1. The van der Waals surface area contributed by atoms with Crippen LogP contribution in [0.15, 0.2) is 29.2 Å². The molecular formula is C33H55ClN2O8S. The summed E-state index contributed by atoms with van der Waals surface area (Å²) in [7, 11) is -4.11. The van der Waals surface area contributed by atoms with Gasteiger partial charge in [-0.2, -0.15) is 0 Å². The number of amides is 1. The maximum absolute atomic E-state index is 13.1. The molecule has 0 radical (unpaired) electrons. The Morgan fingerprint density at radius 2 is 1.58 bits per heavy atom. The van der Waals surface area contributed by atoms with E-state index in [0.29, 0.717) is 13.2 Å². The van der Waals surface area contributed by atoms with Crippen molar-refractivity contribution < 1.29 is 36.9 Å². The van der Waals surface area contributed by atoms with E-state index in [2.05, 4.69) is 16.5 Å². The maximum atomic E-state index is 13.1. The zero-order valence-electron chi connectivity index (χ0n) is 27.5. The van der Waals surface area contributed by atoms with Crippen LogP contribution in [0, 0.1) is 6.92 Å². The maximum Gasteiger partial charge on any atom is 0.421 e. The van der Waals surface area contributed by atoms with Gasteiger partial charge in [0.05, 0.1) is 4.90 Å². The summed E-state index contributed by atoms with van der Waals surface area (Å²) >= 11 is 0. The Hall–Kier alpha value is -1.47. The monoisotopic (exact) mass is 674 g/mol. The summed E-state index contributed by atoms with van der Waals surface area (Å²) in [5.41, 5.74) is 0.914.